The van der Waals surface area contributed by atoms with Crippen molar-refractivity contribution in [2.45, 2.75) is 18.0 Å². The number of thiophene rings is 1. The van der Waals surface area contributed by atoms with Crippen LogP contribution in [0.1, 0.15) is 17.4 Å². The molecule has 0 bridgehead atoms. The van der Waals surface area contributed by atoms with Crippen molar-refractivity contribution in [3.8, 4) is 5.75 Å². The van der Waals surface area contributed by atoms with E-state index >= 15 is 0 Å². The van der Waals surface area contributed by atoms with Crippen molar-refractivity contribution < 1.29 is 31.1 Å². The Morgan fingerprint density at radius 2 is 1.85 bits per heavy atom. The molecule has 2 N–H and O–H groups in total. The molecule has 0 spiro atoms. The summed E-state index contributed by atoms with van der Waals surface area (Å²) in [6.07, 6.45) is -4.50. The average Bonchev–Trinajstić information content (AvgIpc) is 3.28. The largest absolute Gasteiger partial charge is 0.494 e. The van der Waals surface area contributed by atoms with Gasteiger partial charge in [-0.15, -0.1) is 11.3 Å². The van der Waals surface area contributed by atoms with Gasteiger partial charge in [0.1, 0.15) is 22.1 Å². The number of benzene rings is 2. The Morgan fingerprint density at radius 3 is 2.48 bits per heavy atom. The number of sulfonamides is 1. The predicted octanol–water partition coefficient (Wildman–Crippen LogP) is 5.00. The van der Waals surface area contributed by atoms with E-state index in [1.807, 2.05) is 6.92 Å². The number of nitrogens with zero attached hydrogens (tertiary/aromatic N) is 1. The van der Waals surface area contributed by atoms with E-state index in [0.717, 1.165) is 27.8 Å². The lowest BCUT2D eigenvalue weighted by atomic mass is 10.2. The summed E-state index contributed by atoms with van der Waals surface area (Å²) >= 11 is 1.02. The van der Waals surface area contributed by atoms with E-state index in [0.29, 0.717) is 18.0 Å². The first kappa shape index (κ1) is 24.6. The Morgan fingerprint density at radius 1 is 1.15 bits per heavy atom. The van der Waals surface area contributed by atoms with Crippen molar-refractivity contribution in [2.24, 2.45) is 0 Å². The number of hydrogen-bond acceptors (Lipinski definition) is 5. The zero-order valence-electron chi connectivity index (χ0n) is 17.8. The smallest absolute Gasteiger partial charge is 0.416 e. The minimum atomic E-state index is -4.50. The average molecular weight is 500 g/mol. The van der Waals surface area contributed by atoms with Gasteiger partial charge in [-0.05, 0) is 60.8 Å². The Bertz CT molecular complexity index is 1220. The molecule has 0 saturated carbocycles. The Balaban J connectivity index is 1.77. The first-order valence-electron chi connectivity index (χ1n) is 9.79. The highest BCUT2D eigenvalue weighted by Crippen LogP contribution is 2.31. The Labute approximate surface area is 193 Å². The molecule has 0 fully saturated rings. The van der Waals surface area contributed by atoms with E-state index in [2.05, 4.69) is 5.32 Å². The number of ether oxygens (including phenoxy) is 1. The zero-order chi connectivity index (χ0) is 24.2. The van der Waals surface area contributed by atoms with Crippen LogP contribution in [0.5, 0.6) is 5.75 Å². The quantitative estimate of drug-likeness (QED) is 0.332. The molecule has 1 heterocycles. The molecule has 0 aliphatic rings. The van der Waals surface area contributed by atoms with Gasteiger partial charge in [0.05, 0.1) is 17.9 Å². The fraction of sp³-hybridized carbons (Fsp3) is 0.227. The maximum atomic E-state index is 13.2. The second kappa shape index (κ2) is 9.84. The molecule has 0 aliphatic heterocycles. The number of carbonyl (C=O) groups excluding carboxylic acids is 1. The minimum Gasteiger partial charge on any atom is -0.494 e. The van der Waals surface area contributed by atoms with Crippen LogP contribution < -0.4 is 14.4 Å². The summed E-state index contributed by atoms with van der Waals surface area (Å²) in [5, 5.41) is 4.22. The van der Waals surface area contributed by atoms with Crippen LogP contribution in [-0.2, 0) is 16.2 Å². The van der Waals surface area contributed by atoms with Crippen LogP contribution in [0.25, 0.3) is 0 Å². The topological polar surface area (TPSA) is 80.0 Å². The molecule has 3 rings (SSSR count). The van der Waals surface area contributed by atoms with Gasteiger partial charge in [-0.25, -0.2) is 8.42 Å². The lowest BCUT2D eigenvalue weighted by molar-refractivity contribution is -0.137. The highest BCUT2D eigenvalue weighted by atomic mass is 32.2. The number of ketones is 1. The van der Waals surface area contributed by atoms with Gasteiger partial charge in [0.15, 0.2) is 0 Å². The van der Waals surface area contributed by atoms with Crippen LogP contribution in [-0.4, -0.2) is 39.2 Å². The summed E-state index contributed by atoms with van der Waals surface area (Å²) in [5.41, 5.74) is -0.288. The highest BCUT2D eigenvalue weighted by Gasteiger charge is 2.32. The molecule has 0 aliphatic carbocycles. The fourth-order valence-corrected chi connectivity index (χ4v) is 5.55. The molecule has 6 nitrogen and oxygen atoms in total. The van der Waals surface area contributed by atoms with Gasteiger partial charge in [0.25, 0.3) is 10.0 Å². The standard InChI is InChI=1S/C22H21F3N2O4S2/c1-3-31-18-9-7-17(8-10-18)27(2)33(29,30)20-11-12-32-21(20)19(28)14-26-16-6-4-5-15(13-16)22(23,24)25/h4-13,26H,3,14H2,1-2H3/p+1. The number of rotatable bonds is 9. The Hall–Kier alpha value is -3.05. The SMILES string of the molecule is CCOc1ccc(N(C)S(=O)(=O)c2ccsc2C(=[OH+])CNc2cccc(C(F)(F)F)c2)cc1. The van der Waals surface area contributed by atoms with Crippen molar-refractivity contribution >= 4 is 38.5 Å². The first-order chi connectivity index (χ1) is 15.5. The molecular weight excluding hydrogens is 477 g/mol. The maximum absolute atomic E-state index is 13.2. The molecule has 0 unspecified atom stereocenters. The van der Waals surface area contributed by atoms with Crippen molar-refractivity contribution in [1.29, 1.82) is 0 Å². The van der Waals surface area contributed by atoms with Crippen LogP contribution in [0.15, 0.2) is 64.9 Å². The van der Waals surface area contributed by atoms with E-state index in [4.69, 9.17) is 4.74 Å². The summed E-state index contributed by atoms with van der Waals surface area (Å²) in [6, 6.07) is 12.4. The second-order valence-corrected chi connectivity index (χ2v) is 9.75. The molecule has 1 aromatic heterocycles. The molecule has 11 heteroatoms. The molecular formula is C22H22F3N2O4S2+. The van der Waals surface area contributed by atoms with Crippen LogP contribution in [0.4, 0.5) is 24.5 Å². The van der Waals surface area contributed by atoms with Gasteiger partial charge < -0.3 is 10.1 Å². The third-order valence-corrected chi connectivity index (χ3v) is 7.61. The normalized spacial score (nSPS) is 11.8. The van der Waals surface area contributed by atoms with E-state index in [9.17, 15) is 26.4 Å². The number of hydrogen-bond donors (Lipinski definition) is 1. The van der Waals surface area contributed by atoms with Crippen LogP contribution >= 0.6 is 11.3 Å². The summed E-state index contributed by atoms with van der Waals surface area (Å²) in [7, 11) is -2.62. The van der Waals surface area contributed by atoms with E-state index in [1.165, 1.54) is 30.6 Å². The lowest BCUT2D eigenvalue weighted by Crippen LogP contribution is -2.28. The molecule has 33 heavy (non-hydrogen) atoms. The van der Waals surface area contributed by atoms with Gasteiger partial charge >= 0.3 is 12.0 Å². The number of anilines is 2. The van der Waals surface area contributed by atoms with Crippen molar-refractivity contribution in [2.75, 3.05) is 29.8 Å². The van der Waals surface area contributed by atoms with Gasteiger partial charge in [-0.3, -0.25) is 9.10 Å². The molecule has 0 atom stereocenters. The molecule has 0 saturated heterocycles. The van der Waals surface area contributed by atoms with Gasteiger partial charge in [0, 0.05) is 12.7 Å². The number of alkyl halides is 3. The third-order valence-electron chi connectivity index (χ3n) is 4.69. The number of nitrogens with one attached hydrogen (secondary N) is 1. The second-order valence-electron chi connectivity index (χ2n) is 6.89. The van der Waals surface area contributed by atoms with Gasteiger partial charge in [-0.2, -0.15) is 13.2 Å². The van der Waals surface area contributed by atoms with Crippen LogP contribution in [0.2, 0.25) is 0 Å². The fourth-order valence-electron chi connectivity index (χ4n) is 2.99. The van der Waals surface area contributed by atoms with Gasteiger partial charge in [0.2, 0.25) is 0 Å². The molecule has 3 aromatic rings. The molecule has 0 amide bonds. The molecule has 176 valence electrons. The van der Waals surface area contributed by atoms with Crippen molar-refractivity contribution in [3.05, 3.63) is 70.4 Å². The highest BCUT2D eigenvalue weighted by molar-refractivity contribution is 7.93. The summed E-state index contributed by atoms with van der Waals surface area (Å²) in [6.45, 7) is 2.07. The van der Waals surface area contributed by atoms with Gasteiger partial charge in [-0.1, -0.05) is 6.07 Å². The lowest BCUT2D eigenvalue weighted by Gasteiger charge is -2.19. The maximum Gasteiger partial charge on any atom is 0.416 e. The van der Waals surface area contributed by atoms with Crippen LogP contribution in [0, 0.1) is 0 Å². The summed E-state index contributed by atoms with van der Waals surface area (Å²) in [5.74, 6) is 0.302. The van der Waals surface area contributed by atoms with E-state index in [-0.39, 0.29) is 27.8 Å². The third kappa shape index (κ3) is 5.66. The van der Waals surface area contributed by atoms with Crippen LogP contribution in [0.3, 0.4) is 0 Å². The van der Waals surface area contributed by atoms with E-state index in [1.54, 1.807) is 24.3 Å². The van der Waals surface area contributed by atoms with Crippen molar-refractivity contribution in [3.63, 3.8) is 0 Å². The van der Waals surface area contributed by atoms with Crippen molar-refractivity contribution in [1.82, 2.24) is 0 Å². The zero-order valence-corrected chi connectivity index (χ0v) is 19.4. The molecule has 0 radical (unpaired) electrons. The predicted molar refractivity (Wildman–Crippen MR) is 123 cm³/mol. The molecule has 2 aromatic carbocycles. The number of halogens is 3. The first-order valence-corrected chi connectivity index (χ1v) is 12.1. The minimum absolute atomic E-state index is 0.104. The Kier molecular flexibility index (Phi) is 7.33. The summed E-state index contributed by atoms with van der Waals surface area (Å²) < 4.78 is 71.5. The summed E-state index contributed by atoms with van der Waals surface area (Å²) in [4.78, 5) is 10.5. The monoisotopic (exact) mass is 499 g/mol. The van der Waals surface area contributed by atoms with E-state index < -0.39 is 21.8 Å².